The third-order valence-electron chi connectivity index (χ3n) is 4.47. The largest absolute Gasteiger partial charge is 0.448 e. The molecule has 0 saturated heterocycles. The molecular formula is C14H22N2O. The van der Waals surface area contributed by atoms with Crippen LogP contribution in [-0.4, -0.2) is 11.5 Å². The molecule has 2 aliphatic rings. The fraction of sp³-hybridized carbons (Fsp3) is 0.786. The van der Waals surface area contributed by atoms with Crippen LogP contribution >= 0.6 is 0 Å². The van der Waals surface area contributed by atoms with Gasteiger partial charge in [0.1, 0.15) is 5.76 Å². The lowest BCUT2D eigenvalue weighted by molar-refractivity contribution is 0.352. The molecule has 1 aromatic rings. The summed E-state index contributed by atoms with van der Waals surface area (Å²) >= 11 is 0. The van der Waals surface area contributed by atoms with E-state index in [0.29, 0.717) is 5.92 Å². The van der Waals surface area contributed by atoms with Crippen molar-refractivity contribution in [3.63, 3.8) is 0 Å². The molecule has 1 aromatic heterocycles. The molecule has 3 unspecified atom stereocenters. The van der Waals surface area contributed by atoms with E-state index in [-0.39, 0.29) is 0 Å². The van der Waals surface area contributed by atoms with Crippen LogP contribution in [0.3, 0.4) is 0 Å². The second-order valence-corrected chi connectivity index (χ2v) is 5.62. The van der Waals surface area contributed by atoms with Crippen LogP contribution in [0.4, 0.5) is 0 Å². The van der Waals surface area contributed by atoms with Gasteiger partial charge in [0.25, 0.3) is 0 Å². The first-order valence-corrected chi connectivity index (χ1v) is 7.01. The first-order chi connectivity index (χ1) is 8.38. The number of rotatable bonds is 5. The van der Waals surface area contributed by atoms with Gasteiger partial charge in [0.05, 0.1) is 5.69 Å². The Balaban J connectivity index is 1.68. The maximum Gasteiger partial charge on any atom is 0.181 e. The van der Waals surface area contributed by atoms with Crippen molar-refractivity contribution in [2.45, 2.75) is 51.5 Å². The van der Waals surface area contributed by atoms with E-state index < -0.39 is 0 Å². The first-order valence-electron chi connectivity index (χ1n) is 7.01. The number of nitrogens with one attached hydrogen (secondary N) is 1. The minimum atomic E-state index is 0.662. The zero-order valence-electron chi connectivity index (χ0n) is 10.6. The molecule has 3 nitrogen and oxygen atoms in total. The minimum Gasteiger partial charge on any atom is -0.448 e. The summed E-state index contributed by atoms with van der Waals surface area (Å²) in [6.45, 7) is 4.11. The lowest BCUT2D eigenvalue weighted by Crippen LogP contribution is -2.17. The van der Waals surface area contributed by atoms with Gasteiger partial charge in [0, 0.05) is 12.5 Å². The highest BCUT2D eigenvalue weighted by atomic mass is 16.3. The summed E-state index contributed by atoms with van der Waals surface area (Å²) < 4.78 is 5.68. The van der Waals surface area contributed by atoms with Crippen molar-refractivity contribution < 1.29 is 4.42 Å². The van der Waals surface area contributed by atoms with Gasteiger partial charge in [0.15, 0.2) is 6.39 Å². The van der Waals surface area contributed by atoms with E-state index in [1.54, 1.807) is 6.39 Å². The SMILES string of the molecule is CCCNCc1ncoc1C1CC2CCC1C2. The highest BCUT2D eigenvalue weighted by Crippen LogP contribution is 2.53. The van der Waals surface area contributed by atoms with E-state index in [0.717, 1.165) is 30.6 Å². The predicted molar refractivity (Wildman–Crippen MR) is 66.7 cm³/mol. The van der Waals surface area contributed by atoms with Gasteiger partial charge in [-0.15, -0.1) is 0 Å². The van der Waals surface area contributed by atoms with Gasteiger partial charge in [-0.2, -0.15) is 0 Å². The van der Waals surface area contributed by atoms with Crippen LogP contribution in [0.25, 0.3) is 0 Å². The molecule has 1 heterocycles. The van der Waals surface area contributed by atoms with Gasteiger partial charge in [-0.1, -0.05) is 13.3 Å². The molecule has 94 valence electrons. The van der Waals surface area contributed by atoms with E-state index in [9.17, 15) is 0 Å². The number of nitrogens with zero attached hydrogens (tertiary/aromatic N) is 1. The molecule has 2 aliphatic carbocycles. The summed E-state index contributed by atoms with van der Waals surface area (Å²) in [5.41, 5.74) is 1.15. The Labute approximate surface area is 103 Å². The summed E-state index contributed by atoms with van der Waals surface area (Å²) in [7, 11) is 0. The predicted octanol–water partition coefficient (Wildman–Crippen LogP) is 3.08. The molecule has 3 atom stereocenters. The highest BCUT2D eigenvalue weighted by molar-refractivity contribution is 5.17. The van der Waals surface area contributed by atoms with Crippen LogP contribution in [0.2, 0.25) is 0 Å². The lowest BCUT2D eigenvalue weighted by Gasteiger charge is -2.20. The summed E-state index contributed by atoms with van der Waals surface area (Å²) in [5.74, 6) is 3.68. The van der Waals surface area contributed by atoms with Crippen LogP contribution < -0.4 is 5.32 Å². The van der Waals surface area contributed by atoms with Crippen molar-refractivity contribution in [2.75, 3.05) is 6.54 Å². The van der Waals surface area contributed by atoms with Gasteiger partial charge in [0.2, 0.25) is 0 Å². The molecule has 1 N–H and O–H groups in total. The van der Waals surface area contributed by atoms with Gasteiger partial charge in [-0.25, -0.2) is 4.98 Å². The molecule has 17 heavy (non-hydrogen) atoms. The average molecular weight is 234 g/mol. The quantitative estimate of drug-likeness (QED) is 0.796. The van der Waals surface area contributed by atoms with Crippen molar-refractivity contribution in [3.8, 4) is 0 Å². The molecule has 2 saturated carbocycles. The fourth-order valence-electron chi connectivity index (χ4n) is 3.66. The van der Waals surface area contributed by atoms with Gasteiger partial charge in [-0.05, 0) is 44.1 Å². The number of fused-ring (bicyclic) bond motifs is 2. The third-order valence-corrected chi connectivity index (χ3v) is 4.47. The van der Waals surface area contributed by atoms with Gasteiger partial charge in [-0.3, -0.25) is 0 Å². The molecule has 2 bridgehead atoms. The molecule has 3 heteroatoms. The molecule has 0 spiro atoms. The second kappa shape index (κ2) is 4.81. The van der Waals surface area contributed by atoms with E-state index >= 15 is 0 Å². The molecular weight excluding hydrogens is 212 g/mol. The van der Waals surface area contributed by atoms with Crippen molar-refractivity contribution in [3.05, 3.63) is 17.8 Å². The maximum atomic E-state index is 5.68. The second-order valence-electron chi connectivity index (χ2n) is 5.62. The highest BCUT2D eigenvalue weighted by Gasteiger charge is 2.42. The van der Waals surface area contributed by atoms with Crippen molar-refractivity contribution >= 4 is 0 Å². The molecule has 0 aromatic carbocycles. The number of oxazole rings is 1. The van der Waals surface area contributed by atoms with Crippen molar-refractivity contribution in [1.82, 2.24) is 10.3 Å². The van der Waals surface area contributed by atoms with E-state index in [1.807, 2.05) is 0 Å². The summed E-state index contributed by atoms with van der Waals surface area (Å²) in [6.07, 6.45) is 8.40. The molecule has 3 rings (SSSR count). The Morgan fingerprint density at radius 2 is 2.35 bits per heavy atom. The van der Waals surface area contributed by atoms with E-state index in [4.69, 9.17) is 4.42 Å². The first kappa shape index (κ1) is 11.3. The van der Waals surface area contributed by atoms with Crippen LogP contribution in [0.5, 0.6) is 0 Å². The Kier molecular flexibility index (Phi) is 3.19. The normalized spacial score (nSPS) is 31.2. The lowest BCUT2D eigenvalue weighted by atomic mass is 9.86. The zero-order chi connectivity index (χ0) is 11.7. The Hall–Kier alpha value is -0.830. The topological polar surface area (TPSA) is 38.1 Å². The maximum absolute atomic E-state index is 5.68. The molecule has 0 aliphatic heterocycles. The van der Waals surface area contributed by atoms with E-state index in [1.165, 1.54) is 37.9 Å². The summed E-state index contributed by atoms with van der Waals surface area (Å²) in [4.78, 5) is 4.39. The third kappa shape index (κ3) is 2.13. The number of aromatic nitrogens is 1. The fourth-order valence-corrected chi connectivity index (χ4v) is 3.66. The number of hydrogen-bond acceptors (Lipinski definition) is 3. The monoisotopic (exact) mass is 234 g/mol. The summed E-state index contributed by atoms with van der Waals surface area (Å²) in [5, 5.41) is 3.42. The van der Waals surface area contributed by atoms with Gasteiger partial charge < -0.3 is 9.73 Å². The Morgan fingerprint density at radius 1 is 1.41 bits per heavy atom. The van der Waals surface area contributed by atoms with Crippen LogP contribution in [0.1, 0.15) is 56.4 Å². The van der Waals surface area contributed by atoms with Crippen molar-refractivity contribution in [2.24, 2.45) is 11.8 Å². The average Bonchev–Trinajstić information content (AvgIpc) is 3.04. The standard InChI is InChI=1S/C14H22N2O/c1-2-5-15-8-13-14(17-9-16-13)12-7-10-3-4-11(12)6-10/h9-12,15H,2-8H2,1H3. The number of hydrogen-bond donors (Lipinski definition) is 1. The minimum absolute atomic E-state index is 0.662. The van der Waals surface area contributed by atoms with Crippen LogP contribution in [0.15, 0.2) is 10.8 Å². The molecule has 0 radical (unpaired) electrons. The zero-order valence-corrected chi connectivity index (χ0v) is 10.6. The van der Waals surface area contributed by atoms with Crippen LogP contribution in [0, 0.1) is 11.8 Å². The molecule has 0 amide bonds. The molecule has 2 fully saturated rings. The summed E-state index contributed by atoms with van der Waals surface area (Å²) in [6, 6.07) is 0. The van der Waals surface area contributed by atoms with Crippen LogP contribution in [-0.2, 0) is 6.54 Å². The smallest absolute Gasteiger partial charge is 0.181 e. The van der Waals surface area contributed by atoms with Crippen molar-refractivity contribution in [1.29, 1.82) is 0 Å². The Morgan fingerprint density at radius 3 is 3.06 bits per heavy atom. The van der Waals surface area contributed by atoms with E-state index in [2.05, 4.69) is 17.2 Å². The Bertz CT molecular complexity index is 374. The van der Waals surface area contributed by atoms with Gasteiger partial charge >= 0.3 is 0 Å².